The first-order chi connectivity index (χ1) is 26.5. The monoisotopic (exact) mass is 799 g/mol. The molecule has 1 amide bonds. The van der Waals surface area contributed by atoms with Crippen LogP contribution in [0.5, 0.6) is 0 Å². The zero-order valence-electron chi connectivity index (χ0n) is 33.3. The molecule has 2 N–H and O–H groups in total. The second kappa shape index (κ2) is 22.7. The molecular weight excluding hydrogens is 742 g/mol. The van der Waals surface area contributed by atoms with Crippen LogP contribution in [0.25, 0.3) is 0 Å². The number of unbranched alkanes of at least 4 members (excludes halogenated alkanes) is 2. The third-order valence-electron chi connectivity index (χ3n) is 8.16. The van der Waals surface area contributed by atoms with E-state index in [2.05, 4.69) is 5.32 Å². The van der Waals surface area contributed by atoms with Crippen molar-refractivity contribution in [2.75, 3.05) is 33.0 Å². The number of rotatable bonds is 20. The Labute approximate surface area is 326 Å². The number of alkyl carbamates (subject to hydrolysis) is 1. The maximum Gasteiger partial charge on any atom is 0.407 e. The second-order valence-corrected chi connectivity index (χ2v) is 14.2. The van der Waals surface area contributed by atoms with Crippen LogP contribution >= 0.6 is 0 Å². The van der Waals surface area contributed by atoms with Crippen LogP contribution in [0, 0.1) is 0 Å². The Bertz CT molecular complexity index is 1400. The summed E-state index contributed by atoms with van der Waals surface area (Å²) < 4.78 is 63.8. The van der Waals surface area contributed by atoms with Gasteiger partial charge in [-0.1, -0.05) is 30.3 Å². The normalized spacial score (nSPS) is 24.3. The summed E-state index contributed by atoms with van der Waals surface area (Å²) in [6, 6.07) is 9.09. The van der Waals surface area contributed by atoms with Crippen molar-refractivity contribution in [3.63, 3.8) is 0 Å². The van der Waals surface area contributed by atoms with Crippen molar-refractivity contribution < 1.29 is 81.2 Å². The molecule has 0 saturated carbocycles. The van der Waals surface area contributed by atoms with Gasteiger partial charge < -0.3 is 62.5 Å². The summed E-state index contributed by atoms with van der Waals surface area (Å²) in [4.78, 5) is 60.4. The van der Waals surface area contributed by atoms with Crippen molar-refractivity contribution in [2.45, 2.75) is 142 Å². The van der Waals surface area contributed by atoms with E-state index in [0.717, 1.165) is 6.92 Å². The molecule has 2 heterocycles. The molecule has 4 unspecified atom stereocenters. The number of nitrogens with one attached hydrogen (secondary N) is 1. The van der Waals surface area contributed by atoms with Crippen LogP contribution in [0.4, 0.5) is 4.79 Å². The molecule has 56 heavy (non-hydrogen) atoms. The Morgan fingerprint density at radius 2 is 1.55 bits per heavy atom. The smallest absolute Gasteiger partial charge is 0.407 e. The minimum absolute atomic E-state index is 0.00382. The summed E-state index contributed by atoms with van der Waals surface area (Å²) in [5.41, 5.74) is 0.0841. The second-order valence-electron chi connectivity index (χ2n) is 14.2. The number of esters is 4. The van der Waals surface area contributed by atoms with Crippen LogP contribution in [-0.2, 0) is 71.3 Å². The van der Waals surface area contributed by atoms with Crippen LogP contribution in [0.2, 0.25) is 0 Å². The molecule has 1 aromatic rings. The molecule has 2 saturated heterocycles. The van der Waals surface area contributed by atoms with Crippen molar-refractivity contribution >= 4 is 30.0 Å². The van der Waals surface area contributed by atoms with E-state index >= 15 is 0 Å². The third kappa shape index (κ3) is 15.9. The molecule has 2 aliphatic rings. The molecule has 2 aliphatic heterocycles. The maximum absolute atomic E-state index is 12.4. The van der Waals surface area contributed by atoms with Gasteiger partial charge in [-0.05, 0) is 47.0 Å². The number of aliphatic hydroxyl groups is 1. The summed E-state index contributed by atoms with van der Waals surface area (Å²) in [5.74, 6) is -2.76. The Morgan fingerprint density at radius 3 is 2.16 bits per heavy atom. The van der Waals surface area contributed by atoms with Gasteiger partial charge in [0.25, 0.3) is 0 Å². The van der Waals surface area contributed by atoms with Crippen LogP contribution in [-0.4, -0.2) is 129 Å². The van der Waals surface area contributed by atoms with E-state index in [4.69, 9.17) is 52.1 Å². The first-order valence-corrected chi connectivity index (χ1v) is 18.6. The van der Waals surface area contributed by atoms with E-state index in [1.165, 1.54) is 20.8 Å². The Morgan fingerprint density at radius 1 is 0.875 bits per heavy atom. The van der Waals surface area contributed by atoms with Gasteiger partial charge in [-0.2, -0.15) is 0 Å². The molecule has 1 aromatic carbocycles. The number of carbonyl (C=O) groups excluding carboxylic acids is 5. The van der Waals surface area contributed by atoms with E-state index in [9.17, 15) is 29.1 Å². The molecule has 0 bridgehead atoms. The quantitative estimate of drug-likeness (QED) is 0.0838. The van der Waals surface area contributed by atoms with Gasteiger partial charge in [0.15, 0.2) is 37.2 Å². The molecule has 18 nitrogen and oxygen atoms in total. The van der Waals surface area contributed by atoms with E-state index in [-0.39, 0.29) is 13.2 Å². The lowest BCUT2D eigenvalue weighted by molar-refractivity contribution is -0.371. The largest absolute Gasteiger partial charge is 0.462 e. The highest BCUT2D eigenvalue weighted by molar-refractivity contribution is 5.68. The number of ether oxygens (including phenoxy) is 11. The van der Waals surface area contributed by atoms with Crippen molar-refractivity contribution in [1.29, 1.82) is 0 Å². The summed E-state index contributed by atoms with van der Waals surface area (Å²) in [6.07, 6.45) is -10.2. The fraction of sp³-hybridized carbons (Fsp3) is 0.711. The van der Waals surface area contributed by atoms with Crippen LogP contribution in [0.3, 0.4) is 0 Å². The number of fused-ring (bicyclic) bond motifs is 1. The van der Waals surface area contributed by atoms with Gasteiger partial charge in [0.05, 0.1) is 19.3 Å². The number of benzene rings is 1. The van der Waals surface area contributed by atoms with Gasteiger partial charge in [-0.15, -0.1) is 0 Å². The zero-order valence-corrected chi connectivity index (χ0v) is 33.3. The topological polar surface area (TPSA) is 219 Å². The first-order valence-electron chi connectivity index (χ1n) is 18.6. The number of hydrogen-bond donors (Lipinski definition) is 2. The number of amides is 1. The summed E-state index contributed by atoms with van der Waals surface area (Å²) in [5, 5.41) is 13.2. The predicted molar refractivity (Wildman–Crippen MR) is 192 cm³/mol. The molecule has 2 fully saturated rings. The van der Waals surface area contributed by atoms with Crippen molar-refractivity contribution in [1.82, 2.24) is 5.32 Å². The van der Waals surface area contributed by atoms with Crippen molar-refractivity contribution in [2.24, 2.45) is 0 Å². The molecule has 0 aliphatic carbocycles. The molecule has 316 valence electrons. The van der Waals surface area contributed by atoms with Gasteiger partial charge in [-0.3, -0.25) is 19.2 Å². The maximum atomic E-state index is 12.4. The minimum atomic E-state index is -1.38. The molecule has 0 radical (unpaired) electrons. The van der Waals surface area contributed by atoms with Crippen LogP contribution < -0.4 is 5.32 Å². The molecule has 18 heteroatoms. The number of carbonyl (C=O) groups is 5. The molecular formula is C38H57NO17. The van der Waals surface area contributed by atoms with E-state index in [1.54, 1.807) is 27.7 Å². The van der Waals surface area contributed by atoms with E-state index < -0.39 is 110 Å². The van der Waals surface area contributed by atoms with Crippen LogP contribution in [0.15, 0.2) is 30.3 Å². The zero-order chi connectivity index (χ0) is 41.4. The Hall–Kier alpha value is -3.91. The fourth-order valence-electron chi connectivity index (χ4n) is 5.78. The van der Waals surface area contributed by atoms with Gasteiger partial charge >= 0.3 is 30.0 Å². The van der Waals surface area contributed by atoms with Crippen molar-refractivity contribution in [3.05, 3.63) is 35.9 Å². The average Bonchev–Trinajstić information content (AvgIpc) is 3.11. The highest BCUT2D eigenvalue weighted by Gasteiger charge is 2.54. The van der Waals surface area contributed by atoms with Gasteiger partial charge in [-0.25, -0.2) is 4.79 Å². The van der Waals surface area contributed by atoms with E-state index in [1.807, 2.05) is 30.3 Å². The molecule has 0 aromatic heterocycles. The molecule has 3 rings (SSSR count). The van der Waals surface area contributed by atoms with Crippen molar-refractivity contribution in [3.8, 4) is 0 Å². The summed E-state index contributed by atoms with van der Waals surface area (Å²) >= 11 is 0. The highest BCUT2D eigenvalue weighted by Crippen LogP contribution is 2.37. The minimum Gasteiger partial charge on any atom is -0.462 e. The van der Waals surface area contributed by atoms with Gasteiger partial charge in [0, 0.05) is 46.4 Å². The highest BCUT2D eigenvalue weighted by atomic mass is 16.8. The van der Waals surface area contributed by atoms with Gasteiger partial charge in [0.1, 0.15) is 30.5 Å². The number of hydrogen-bond acceptors (Lipinski definition) is 17. The summed E-state index contributed by atoms with van der Waals surface area (Å²) in [7, 11) is 0. The lowest BCUT2D eigenvalue weighted by Crippen LogP contribution is -2.65. The van der Waals surface area contributed by atoms with Gasteiger partial charge in [0.2, 0.25) is 0 Å². The standard InChI is InChI=1S/C38H57NO17/c1-22(49-36-33(52-26(5)44)32(51-25(4)43)31-29(54-36)20-48-34(55-31)27-15-11-9-12-16-27)28(19-40)53-35(30(50-24(3)42)21-47-23(2)41)46-18-14-10-13-17-39-37(45)56-38(6,7)8/h9,11-12,15-16,22,28-36,40H,10,13-14,17-21H2,1-8H3,(H,39,45)/t22-,28?,29?,30-,31-,32?,33-,34?,35+,36+/m0/s1. The lowest BCUT2D eigenvalue weighted by Gasteiger charge is -2.48. The predicted octanol–water partition coefficient (Wildman–Crippen LogP) is 3.00. The Balaban J connectivity index is 1.75. The fourth-order valence-corrected chi connectivity index (χ4v) is 5.78. The average molecular weight is 800 g/mol. The van der Waals surface area contributed by atoms with E-state index in [0.29, 0.717) is 31.4 Å². The Kier molecular flexibility index (Phi) is 18.9. The third-order valence-corrected chi connectivity index (χ3v) is 8.16. The lowest BCUT2D eigenvalue weighted by atomic mass is 9.97. The molecule has 10 atom stereocenters. The molecule has 0 spiro atoms. The SMILES string of the molecule is CC(=O)OC[C@H](OC(C)=O)[C@H](OCCCCCNC(=O)OC(C)(C)C)OC(CO)[C@H](C)O[C@@H]1OC2COC(c3ccccc3)O[C@@H]2C(OC(C)=O)[C@@H]1OC(C)=O. The summed E-state index contributed by atoms with van der Waals surface area (Å²) in [6.45, 7) is 10.9. The first kappa shape index (κ1) is 46.5. The number of aliphatic hydroxyl groups excluding tert-OH is 1. The van der Waals surface area contributed by atoms with Crippen LogP contribution in [0.1, 0.15) is 86.5 Å².